The molecule has 134 valence electrons. The summed E-state index contributed by atoms with van der Waals surface area (Å²) < 4.78 is 5.22. The summed E-state index contributed by atoms with van der Waals surface area (Å²) >= 11 is 0. The van der Waals surface area contributed by atoms with E-state index in [0.717, 1.165) is 5.57 Å². The van der Waals surface area contributed by atoms with E-state index in [2.05, 4.69) is 17.2 Å². The van der Waals surface area contributed by atoms with Gasteiger partial charge in [-0.3, -0.25) is 14.4 Å². The summed E-state index contributed by atoms with van der Waals surface area (Å²) in [6.07, 6.45) is -0.150. The fourth-order valence-electron chi connectivity index (χ4n) is 2.61. The van der Waals surface area contributed by atoms with Crippen molar-refractivity contribution in [1.29, 1.82) is 0 Å². The van der Waals surface area contributed by atoms with Gasteiger partial charge in [0.1, 0.15) is 18.7 Å². The average Bonchev–Trinajstić information content (AvgIpc) is 2.86. The standard InChI is InChI=1S/C18H23N3O4/c1-10(2)8-14(18(24)21-16-11(3)25-9-15(16)22)20-17(23)12-6-4-5-7-13(12)19/h4-7,11,14,16H,1,8-9,19H2,2-3H3,(H,20,23)(H,21,24)/t11-,14?,16+/m1/s1. The Morgan fingerprint density at radius 2 is 2.08 bits per heavy atom. The van der Waals surface area contributed by atoms with Crippen LogP contribution in [0.3, 0.4) is 0 Å². The van der Waals surface area contributed by atoms with Gasteiger partial charge >= 0.3 is 0 Å². The van der Waals surface area contributed by atoms with E-state index in [1.54, 1.807) is 38.1 Å². The van der Waals surface area contributed by atoms with Crippen LogP contribution in [0.25, 0.3) is 0 Å². The van der Waals surface area contributed by atoms with E-state index in [4.69, 9.17) is 10.5 Å². The smallest absolute Gasteiger partial charge is 0.254 e. The molecule has 25 heavy (non-hydrogen) atoms. The fourth-order valence-corrected chi connectivity index (χ4v) is 2.61. The van der Waals surface area contributed by atoms with Crippen LogP contribution in [0.15, 0.2) is 36.4 Å². The van der Waals surface area contributed by atoms with Gasteiger partial charge in [0.25, 0.3) is 5.91 Å². The number of anilines is 1. The predicted octanol–water partition coefficient (Wildman–Crippen LogP) is 0.806. The fraction of sp³-hybridized carbons (Fsp3) is 0.389. The summed E-state index contributed by atoms with van der Waals surface area (Å²) in [4.78, 5) is 36.8. The molecule has 1 fully saturated rings. The van der Waals surface area contributed by atoms with Crippen LogP contribution in [0.5, 0.6) is 0 Å². The molecule has 0 aromatic heterocycles. The summed E-state index contributed by atoms with van der Waals surface area (Å²) in [7, 11) is 0. The molecule has 1 aromatic rings. The van der Waals surface area contributed by atoms with E-state index >= 15 is 0 Å². The number of amides is 2. The van der Waals surface area contributed by atoms with Crippen LogP contribution in [0.4, 0.5) is 5.69 Å². The van der Waals surface area contributed by atoms with Gasteiger partial charge in [-0.2, -0.15) is 0 Å². The molecule has 2 rings (SSSR count). The number of Topliss-reactive ketones (excluding diaryl/α,β-unsaturated/α-hetero) is 1. The van der Waals surface area contributed by atoms with Crippen molar-refractivity contribution in [3.05, 3.63) is 42.0 Å². The van der Waals surface area contributed by atoms with Crippen LogP contribution in [0.1, 0.15) is 30.6 Å². The summed E-state index contributed by atoms with van der Waals surface area (Å²) in [5, 5.41) is 5.32. The van der Waals surface area contributed by atoms with E-state index in [0.29, 0.717) is 5.69 Å². The lowest BCUT2D eigenvalue weighted by molar-refractivity contribution is -0.127. The van der Waals surface area contributed by atoms with Crippen molar-refractivity contribution >= 4 is 23.3 Å². The number of rotatable bonds is 6. The monoisotopic (exact) mass is 345 g/mol. The van der Waals surface area contributed by atoms with Gasteiger partial charge in [-0.05, 0) is 32.4 Å². The highest BCUT2D eigenvalue weighted by atomic mass is 16.5. The van der Waals surface area contributed by atoms with E-state index in [1.165, 1.54) is 0 Å². The molecule has 1 saturated heterocycles. The highest BCUT2D eigenvalue weighted by molar-refractivity contribution is 6.02. The number of hydrogen-bond donors (Lipinski definition) is 3. The number of benzene rings is 1. The van der Waals surface area contributed by atoms with Crippen molar-refractivity contribution in [2.24, 2.45) is 0 Å². The molecule has 1 unspecified atom stereocenters. The van der Waals surface area contributed by atoms with Crippen molar-refractivity contribution in [3.63, 3.8) is 0 Å². The van der Waals surface area contributed by atoms with Crippen LogP contribution in [0, 0.1) is 0 Å². The second-order valence-electron chi connectivity index (χ2n) is 6.24. The molecule has 0 saturated carbocycles. The molecule has 1 aliphatic heterocycles. The number of ketones is 1. The zero-order valence-electron chi connectivity index (χ0n) is 14.4. The number of para-hydroxylation sites is 1. The Morgan fingerprint density at radius 1 is 1.40 bits per heavy atom. The number of nitrogens with one attached hydrogen (secondary N) is 2. The Kier molecular flexibility index (Phi) is 5.93. The highest BCUT2D eigenvalue weighted by Crippen LogP contribution is 2.13. The Labute approximate surface area is 146 Å². The zero-order chi connectivity index (χ0) is 18.6. The third-order valence-corrected chi connectivity index (χ3v) is 3.98. The molecule has 1 aromatic carbocycles. The third kappa shape index (κ3) is 4.67. The zero-order valence-corrected chi connectivity index (χ0v) is 14.4. The van der Waals surface area contributed by atoms with E-state index in [1.807, 2.05) is 0 Å². The minimum atomic E-state index is -0.856. The van der Waals surface area contributed by atoms with Gasteiger partial charge in [-0.25, -0.2) is 0 Å². The Balaban J connectivity index is 2.11. The lowest BCUT2D eigenvalue weighted by Crippen LogP contribution is -2.53. The first-order valence-electron chi connectivity index (χ1n) is 8.04. The van der Waals surface area contributed by atoms with Crippen LogP contribution in [0.2, 0.25) is 0 Å². The first-order valence-corrected chi connectivity index (χ1v) is 8.04. The molecule has 7 heteroatoms. The molecule has 0 aliphatic carbocycles. The van der Waals surface area contributed by atoms with Gasteiger partial charge in [-0.15, -0.1) is 6.58 Å². The van der Waals surface area contributed by atoms with Crippen molar-refractivity contribution in [2.45, 2.75) is 38.5 Å². The van der Waals surface area contributed by atoms with Gasteiger partial charge in [-0.1, -0.05) is 17.7 Å². The number of nitrogens with two attached hydrogens (primary N) is 1. The van der Waals surface area contributed by atoms with Crippen LogP contribution < -0.4 is 16.4 Å². The molecule has 0 spiro atoms. The molecule has 7 nitrogen and oxygen atoms in total. The van der Waals surface area contributed by atoms with Crippen LogP contribution in [-0.4, -0.2) is 42.4 Å². The number of hydrogen-bond acceptors (Lipinski definition) is 5. The number of ether oxygens (including phenoxy) is 1. The van der Waals surface area contributed by atoms with Gasteiger partial charge in [0.2, 0.25) is 5.91 Å². The molecular weight excluding hydrogens is 322 g/mol. The summed E-state index contributed by atoms with van der Waals surface area (Å²) in [5.74, 6) is -1.10. The largest absolute Gasteiger partial charge is 0.398 e. The van der Waals surface area contributed by atoms with Crippen LogP contribution >= 0.6 is 0 Å². The normalized spacial score (nSPS) is 20.8. The van der Waals surface area contributed by atoms with Crippen molar-refractivity contribution in [3.8, 4) is 0 Å². The van der Waals surface area contributed by atoms with E-state index in [9.17, 15) is 14.4 Å². The van der Waals surface area contributed by atoms with E-state index < -0.39 is 30.0 Å². The molecule has 1 heterocycles. The molecular formula is C18H23N3O4. The molecule has 0 bridgehead atoms. The topological polar surface area (TPSA) is 111 Å². The maximum absolute atomic E-state index is 12.6. The predicted molar refractivity (Wildman–Crippen MR) is 93.9 cm³/mol. The Hall–Kier alpha value is -2.67. The Morgan fingerprint density at radius 3 is 2.64 bits per heavy atom. The first kappa shape index (κ1) is 18.7. The average molecular weight is 345 g/mol. The van der Waals surface area contributed by atoms with Gasteiger partial charge in [0, 0.05) is 5.69 Å². The van der Waals surface area contributed by atoms with Gasteiger partial charge < -0.3 is 21.1 Å². The van der Waals surface area contributed by atoms with Gasteiger partial charge in [0.05, 0.1) is 11.7 Å². The quantitative estimate of drug-likeness (QED) is 0.522. The SMILES string of the molecule is C=C(C)CC(NC(=O)c1ccccc1N)C(=O)N[C@@H]1C(=O)CO[C@@H]1C. The van der Waals surface area contributed by atoms with Crippen molar-refractivity contribution in [2.75, 3.05) is 12.3 Å². The molecule has 3 atom stereocenters. The minimum Gasteiger partial charge on any atom is -0.398 e. The number of carbonyl (C=O) groups is 3. The van der Waals surface area contributed by atoms with E-state index in [-0.39, 0.29) is 24.4 Å². The second kappa shape index (κ2) is 7.94. The molecule has 1 aliphatic rings. The Bertz CT molecular complexity index is 701. The molecule has 0 radical (unpaired) electrons. The maximum atomic E-state index is 12.6. The minimum absolute atomic E-state index is 0.0236. The molecule has 2 amide bonds. The lowest BCUT2D eigenvalue weighted by atomic mass is 10.0. The van der Waals surface area contributed by atoms with Crippen LogP contribution in [-0.2, 0) is 14.3 Å². The highest BCUT2D eigenvalue weighted by Gasteiger charge is 2.35. The summed E-state index contributed by atoms with van der Waals surface area (Å²) in [6.45, 7) is 7.24. The second-order valence-corrected chi connectivity index (χ2v) is 6.24. The van der Waals surface area contributed by atoms with Gasteiger partial charge in [0.15, 0.2) is 5.78 Å². The summed E-state index contributed by atoms with van der Waals surface area (Å²) in [5.41, 5.74) is 7.14. The first-order chi connectivity index (χ1) is 11.8. The lowest BCUT2D eigenvalue weighted by Gasteiger charge is -2.22. The number of carbonyl (C=O) groups excluding carboxylic acids is 3. The molecule has 4 N–H and O–H groups in total. The van der Waals surface area contributed by atoms with Crippen molar-refractivity contribution < 1.29 is 19.1 Å². The third-order valence-electron chi connectivity index (χ3n) is 3.98. The van der Waals surface area contributed by atoms with Crippen molar-refractivity contribution in [1.82, 2.24) is 10.6 Å². The maximum Gasteiger partial charge on any atom is 0.254 e. The number of nitrogen functional groups attached to an aromatic ring is 1. The summed E-state index contributed by atoms with van der Waals surface area (Å²) in [6, 6.07) is 5.03.